The van der Waals surface area contributed by atoms with E-state index in [-0.39, 0.29) is 17.6 Å². The molecule has 0 bridgehead atoms. The van der Waals surface area contributed by atoms with Gasteiger partial charge in [0.15, 0.2) is 17.9 Å². The number of carbonyl (C=O) groups excluding carboxylic acids is 2. The summed E-state index contributed by atoms with van der Waals surface area (Å²) in [6.45, 7) is 6.40. The highest BCUT2D eigenvalue weighted by Crippen LogP contribution is 2.46. The molecule has 1 saturated heterocycles. The Hall–Kier alpha value is -1.86. The molecule has 0 radical (unpaired) electrons. The molecule has 0 aromatic carbocycles. The third-order valence-corrected chi connectivity index (χ3v) is 6.09. The Morgan fingerprint density at radius 2 is 2.08 bits per heavy atom. The number of carboxylic acid groups (broad SMARTS) is 1. The Morgan fingerprint density at radius 1 is 1.44 bits per heavy atom. The predicted molar refractivity (Wildman–Crippen MR) is 91.0 cm³/mol. The lowest BCUT2D eigenvalue weighted by atomic mass is 9.83. The lowest BCUT2D eigenvalue weighted by Crippen LogP contribution is -2.62. The summed E-state index contributed by atoms with van der Waals surface area (Å²) in [7, 11) is 0. The first-order valence-corrected chi connectivity index (χ1v) is 9.36. The lowest BCUT2D eigenvalue weighted by molar-refractivity contribution is -0.704. The third-order valence-electron chi connectivity index (χ3n) is 5.00. The average Bonchev–Trinajstić information content (AvgIpc) is 2.84. The van der Waals surface area contributed by atoms with E-state index in [4.69, 9.17) is 0 Å². The maximum Gasteiger partial charge on any atom is 0.235 e. The molecule has 134 valence electrons. The monoisotopic (exact) mass is 362 g/mol. The summed E-state index contributed by atoms with van der Waals surface area (Å²) in [5.41, 5.74) is 2.28. The largest absolute Gasteiger partial charge is 0.543 e. The molecule has 1 aromatic rings. The van der Waals surface area contributed by atoms with Crippen LogP contribution in [0, 0.1) is 19.8 Å². The van der Waals surface area contributed by atoms with Gasteiger partial charge < -0.3 is 19.9 Å². The molecule has 3 heterocycles. The van der Waals surface area contributed by atoms with Crippen LogP contribution in [0.1, 0.15) is 24.7 Å². The zero-order valence-corrected chi connectivity index (χ0v) is 15.4. The molecule has 1 N–H and O–H groups in total. The number of nitrogens with zero attached hydrogens (tertiary/aromatic N) is 2. The van der Waals surface area contributed by atoms with Crippen molar-refractivity contribution >= 4 is 23.6 Å². The summed E-state index contributed by atoms with van der Waals surface area (Å²) in [4.78, 5) is 25.6. The number of β-lactam (4-membered cyclic amide) rings is 1. The molecule has 1 amide bonds. The molecule has 0 spiro atoms. The highest BCUT2D eigenvalue weighted by Gasteiger charge is 2.55. The number of aryl methyl sites for hydroxylation is 2. The van der Waals surface area contributed by atoms with Crippen LogP contribution in [0.2, 0.25) is 0 Å². The Bertz CT molecular complexity index is 739. The molecule has 2 unspecified atom stereocenters. The highest BCUT2D eigenvalue weighted by atomic mass is 32.2. The van der Waals surface area contributed by atoms with Gasteiger partial charge in [0.2, 0.25) is 5.91 Å². The van der Waals surface area contributed by atoms with E-state index in [9.17, 15) is 19.8 Å². The molecule has 0 saturated carbocycles. The second-order valence-corrected chi connectivity index (χ2v) is 7.80. The van der Waals surface area contributed by atoms with Gasteiger partial charge in [0, 0.05) is 37.3 Å². The highest BCUT2D eigenvalue weighted by molar-refractivity contribution is 8.03. The number of aliphatic hydroxyl groups is 1. The molecule has 25 heavy (non-hydrogen) atoms. The van der Waals surface area contributed by atoms with Crippen molar-refractivity contribution in [3.05, 3.63) is 40.2 Å². The van der Waals surface area contributed by atoms with Crippen molar-refractivity contribution < 1.29 is 24.4 Å². The average molecular weight is 362 g/mol. The van der Waals surface area contributed by atoms with Crippen molar-refractivity contribution in [2.45, 2.75) is 45.9 Å². The molecular formula is C18H22N2O4S. The molecule has 3 rings (SSSR count). The number of carbonyl (C=O) groups is 2. The van der Waals surface area contributed by atoms with Gasteiger partial charge >= 0.3 is 0 Å². The first kappa shape index (κ1) is 17.9. The maximum absolute atomic E-state index is 12.2. The molecule has 1 aromatic heterocycles. The SMILES string of the molecule is Cc1cccc(C)[n+]1CCSC1=C(C(=O)[O-])N2C(=O)C([C@@H](C)O)C2C1. The summed E-state index contributed by atoms with van der Waals surface area (Å²) < 4.78 is 2.18. The van der Waals surface area contributed by atoms with Crippen LogP contribution in [0.25, 0.3) is 0 Å². The van der Waals surface area contributed by atoms with E-state index in [1.54, 1.807) is 6.92 Å². The summed E-state index contributed by atoms with van der Waals surface area (Å²) >= 11 is 1.46. The van der Waals surface area contributed by atoms with Crippen LogP contribution in [0.5, 0.6) is 0 Å². The van der Waals surface area contributed by atoms with E-state index in [0.29, 0.717) is 17.1 Å². The van der Waals surface area contributed by atoms with E-state index in [1.807, 2.05) is 32.0 Å². The zero-order valence-electron chi connectivity index (χ0n) is 14.6. The van der Waals surface area contributed by atoms with Crippen LogP contribution in [-0.2, 0) is 16.1 Å². The zero-order chi connectivity index (χ0) is 18.3. The van der Waals surface area contributed by atoms with Crippen LogP contribution in [0.15, 0.2) is 28.8 Å². The number of carboxylic acids is 1. The van der Waals surface area contributed by atoms with Crippen LogP contribution >= 0.6 is 11.8 Å². The Balaban J connectivity index is 1.72. The quantitative estimate of drug-likeness (QED) is 0.564. The Kier molecular flexibility index (Phi) is 4.88. The van der Waals surface area contributed by atoms with Gasteiger partial charge in [-0.15, -0.1) is 11.8 Å². The molecule has 0 aliphatic carbocycles. The van der Waals surface area contributed by atoms with Gasteiger partial charge in [-0.25, -0.2) is 0 Å². The number of rotatable bonds is 6. The summed E-state index contributed by atoms with van der Waals surface area (Å²) in [5, 5.41) is 21.3. The number of aromatic nitrogens is 1. The fourth-order valence-corrected chi connectivity index (χ4v) is 4.87. The molecule has 3 atom stereocenters. The van der Waals surface area contributed by atoms with Gasteiger partial charge in [-0.3, -0.25) is 4.79 Å². The second-order valence-electron chi connectivity index (χ2n) is 6.61. The summed E-state index contributed by atoms with van der Waals surface area (Å²) in [6.07, 6.45) is -0.293. The first-order valence-electron chi connectivity index (χ1n) is 8.37. The minimum absolute atomic E-state index is 0.0107. The Labute approximate surface area is 151 Å². The fourth-order valence-electron chi connectivity index (χ4n) is 3.75. The maximum atomic E-state index is 12.2. The van der Waals surface area contributed by atoms with Gasteiger partial charge in [0.25, 0.3) is 0 Å². The number of hydrogen-bond acceptors (Lipinski definition) is 5. The minimum atomic E-state index is -1.32. The van der Waals surface area contributed by atoms with Gasteiger partial charge in [-0.05, 0) is 13.0 Å². The smallest absolute Gasteiger partial charge is 0.235 e. The summed E-state index contributed by atoms with van der Waals surface area (Å²) in [6, 6.07) is 5.83. The van der Waals surface area contributed by atoms with Crippen molar-refractivity contribution in [3.8, 4) is 0 Å². The van der Waals surface area contributed by atoms with Crippen molar-refractivity contribution in [2.75, 3.05) is 5.75 Å². The van der Waals surface area contributed by atoms with E-state index < -0.39 is 18.0 Å². The number of aliphatic carboxylic acids is 1. The van der Waals surface area contributed by atoms with Crippen LogP contribution in [-0.4, -0.2) is 39.8 Å². The minimum Gasteiger partial charge on any atom is -0.543 e. The molecule has 2 aliphatic heterocycles. The van der Waals surface area contributed by atoms with E-state index in [1.165, 1.54) is 16.7 Å². The second kappa shape index (κ2) is 6.80. The van der Waals surface area contributed by atoms with Gasteiger partial charge in [0.1, 0.15) is 0 Å². The van der Waals surface area contributed by atoms with E-state index >= 15 is 0 Å². The molecular weight excluding hydrogens is 340 g/mol. The number of thioether (sulfide) groups is 1. The number of amides is 1. The molecule has 1 fully saturated rings. The Morgan fingerprint density at radius 3 is 2.64 bits per heavy atom. The normalized spacial score (nSPS) is 23.5. The number of pyridine rings is 1. The molecule has 7 heteroatoms. The van der Waals surface area contributed by atoms with Crippen molar-refractivity contribution in [1.29, 1.82) is 0 Å². The van der Waals surface area contributed by atoms with E-state index in [2.05, 4.69) is 4.57 Å². The van der Waals surface area contributed by atoms with Gasteiger partial charge in [0.05, 0.1) is 35.5 Å². The van der Waals surface area contributed by atoms with Crippen molar-refractivity contribution in [3.63, 3.8) is 0 Å². The fraction of sp³-hybridized carbons (Fsp3) is 0.500. The van der Waals surface area contributed by atoms with Crippen molar-refractivity contribution in [2.24, 2.45) is 5.92 Å². The molecule has 6 nitrogen and oxygen atoms in total. The van der Waals surface area contributed by atoms with Crippen LogP contribution in [0.3, 0.4) is 0 Å². The van der Waals surface area contributed by atoms with Crippen LogP contribution < -0.4 is 9.67 Å². The lowest BCUT2D eigenvalue weighted by Gasteiger charge is -2.45. The van der Waals surface area contributed by atoms with Crippen LogP contribution in [0.4, 0.5) is 0 Å². The topological polar surface area (TPSA) is 84.5 Å². The number of aliphatic hydroxyl groups excluding tert-OH is 1. The summed E-state index contributed by atoms with van der Waals surface area (Å²) in [5.74, 6) is -1.45. The standard InChI is InChI=1S/C18H22N2O4S/c1-10-5-4-6-11(2)19(10)7-8-25-14-9-13-15(12(3)21)17(22)20(13)16(14)18(23)24/h4-6,12-13,15,21H,7-9H2,1-3H3/t12-,13?,15?/m1/s1. The number of hydrogen-bond donors (Lipinski definition) is 1. The van der Waals surface area contributed by atoms with Gasteiger partial charge in [-0.2, -0.15) is 4.57 Å². The molecule has 2 aliphatic rings. The van der Waals surface area contributed by atoms with Crippen molar-refractivity contribution in [1.82, 2.24) is 4.90 Å². The van der Waals surface area contributed by atoms with E-state index in [0.717, 1.165) is 17.9 Å². The number of fused-ring (bicyclic) bond motifs is 1. The third kappa shape index (κ3) is 3.06. The predicted octanol–water partition coefficient (Wildman–Crippen LogP) is -0.103. The van der Waals surface area contributed by atoms with Gasteiger partial charge in [-0.1, -0.05) is 0 Å². The first-order chi connectivity index (χ1) is 11.8.